The third-order valence-electron chi connectivity index (χ3n) is 5.69. The van der Waals surface area contributed by atoms with Crippen LogP contribution in [0.4, 0.5) is 11.6 Å². The van der Waals surface area contributed by atoms with Gasteiger partial charge in [-0.1, -0.05) is 11.6 Å². The summed E-state index contributed by atoms with van der Waals surface area (Å²) >= 11 is 5.98. The average Bonchev–Trinajstić information content (AvgIpc) is 2.74. The second kappa shape index (κ2) is 8.35. The number of hydrogen-bond acceptors (Lipinski definition) is 5. The minimum absolute atomic E-state index is 0.114. The number of halogens is 1. The number of benzene rings is 1. The van der Waals surface area contributed by atoms with Crippen LogP contribution in [0.1, 0.15) is 18.5 Å². The molecule has 2 aliphatic heterocycles. The highest BCUT2D eigenvalue weighted by atomic mass is 35.5. The maximum atomic E-state index is 13.0. The van der Waals surface area contributed by atoms with Gasteiger partial charge < -0.3 is 14.7 Å². The summed E-state index contributed by atoms with van der Waals surface area (Å²) in [6, 6.07) is 9.83. The molecule has 2 aromatic rings. The summed E-state index contributed by atoms with van der Waals surface area (Å²) in [4.78, 5) is 28.4. The van der Waals surface area contributed by atoms with Crippen LogP contribution in [0.3, 0.4) is 0 Å². The van der Waals surface area contributed by atoms with Gasteiger partial charge in [0.25, 0.3) is 0 Å². The average molecular weight is 400 g/mol. The van der Waals surface area contributed by atoms with E-state index >= 15 is 0 Å². The van der Waals surface area contributed by atoms with Crippen molar-refractivity contribution in [3.63, 3.8) is 0 Å². The number of piperazine rings is 1. The van der Waals surface area contributed by atoms with Gasteiger partial charge in [0.15, 0.2) is 0 Å². The zero-order valence-electron chi connectivity index (χ0n) is 16.2. The Bertz CT molecular complexity index is 812. The monoisotopic (exact) mass is 399 g/mol. The highest BCUT2D eigenvalue weighted by Crippen LogP contribution is 2.24. The van der Waals surface area contributed by atoms with Gasteiger partial charge in [0.1, 0.15) is 0 Å². The largest absolute Gasteiger partial charge is 0.368 e. The zero-order valence-corrected chi connectivity index (χ0v) is 17.0. The fourth-order valence-electron chi connectivity index (χ4n) is 4.01. The number of aromatic nitrogens is 2. The summed E-state index contributed by atoms with van der Waals surface area (Å²) in [6.07, 6.45) is 3.54. The van der Waals surface area contributed by atoms with Gasteiger partial charge >= 0.3 is 0 Å². The maximum absolute atomic E-state index is 13.0. The topological polar surface area (TPSA) is 52.6 Å². The molecule has 4 rings (SSSR count). The van der Waals surface area contributed by atoms with Gasteiger partial charge in [-0.25, -0.2) is 9.97 Å². The quantitative estimate of drug-likeness (QED) is 0.794. The molecule has 0 N–H and O–H groups in total. The van der Waals surface area contributed by atoms with Gasteiger partial charge in [0, 0.05) is 67.8 Å². The van der Waals surface area contributed by atoms with Crippen LogP contribution in [-0.2, 0) is 4.79 Å². The van der Waals surface area contributed by atoms with Crippen molar-refractivity contribution >= 4 is 29.1 Å². The molecule has 148 valence electrons. The summed E-state index contributed by atoms with van der Waals surface area (Å²) < 4.78 is 0. The zero-order chi connectivity index (χ0) is 19.5. The normalized spacial score (nSPS) is 18.4. The van der Waals surface area contributed by atoms with E-state index in [9.17, 15) is 4.79 Å². The number of anilines is 2. The van der Waals surface area contributed by atoms with E-state index in [1.807, 2.05) is 42.2 Å². The Morgan fingerprint density at radius 3 is 2.29 bits per heavy atom. The standard InChI is InChI=1S/C21H26ClN5O/c1-16-6-9-23-21(24-16)27-10-7-17(8-11-27)20(28)26-14-12-25(13-15-26)19-4-2-18(22)3-5-19/h2-6,9,17H,7-8,10-15H2,1H3. The smallest absolute Gasteiger partial charge is 0.225 e. The van der Waals surface area contributed by atoms with Crippen molar-refractivity contribution in [1.82, 2.24) is 14.9 Å². The number of carbonyl (C=O) groups excluding carboxylic acids is 1. The predicted molar refractivity (Wildman–Crippen MR) is 112 cm³/mol. The molecule has 2 aliphatic rings. The van der Waals surface area contributed by atoms with Crippen molar-refractivity contribution in [2.45, 2.75) is 19.8 Å². The Kier molecular flexibility index (Phi) is 5.67. The lowest BCUT2D eigenvalue weighted by Gasteiger charge is -2.39. The summed E-state index contributed by atoms with van der Waals surface area (Å²) in [5, 5.41) is 0.750. The lowest BCUT2D eigenvalue weighted by molar-refractivity contribution is -0.136. The summed E-state index contributed by atoms with van der Waals surface area (Å²) in [5.41, 5.74) is 2.14. The van der Waals surface area contributed by atoms with E-state index in [2.05, 4.69) is 19.8 Å². The van der Waals surface area contributed by atoms with E-state index in [0.717, 1.165) is 68.8 Å². The van der Waals surface area contributed by atoms with Gasteiger partial charge in [0.2, 0.25) is 11.9 Å². The number of amides is 1. The van der Waals surface area contributed by atoms with Crippen LogP contribution in [0.25, 0.3) is 0 Å². The molecule has 0 aliphatic carbocycles. The van der Waals surface area contributed by atoms with E-state index in [4.69, 9.17) is 11.6 Å². The number of piperidine rings is 1. The van der Waals surface area contributed by atoms with E-state index in [1.165, 1.54) is 5.69 Å². The summed E-state index contributed by atoms with van der Waals surface area (Å²) in [7, 11) is 0. The molecule has 7 heteroatoms. The molecule has 6 nitrogen and oxygen atoms in total. The van der Waals surface area contributed by atoms with Crippen LogP contribution in [0.2, 0.25) is 5.02 Å². The lowest BCUT2D eigenvalue weighted by Crippen LogP contribution is -2.51. The molecule has 0 saturated carbocycles. The van der Waals surface area contributed by atoms with Crippen molar-refractivity contribution in [3.05, 3.63) is 47.2 Å². The second-order valence-corrected chi connectivity index (χ2v) is 7.98. The Balaban J connectivity index is 1.28. The first-order valence-electron chi connectivity index (χ1n) is 9.94. The number of aryl methyl sites for hydroxylation is 1. The number of rotatable bonds is 3. The Morgan fingerprint density at radius 1 is 0.964 bits per heavy atom. The third-order valence-corrected chi connectivity index (χ3v) is 5.94. The van der Waals surface area contributed by atoms with Gasteiger partial charge in [-0.05, 0) is 50.1 Å². The first kappa shape index (κ1) is 19.0. The summed E-state index contributed by atoms with van der Waals surface area (Å²) in [6.45, 7) is 6.94. The number of nitrogens with zero attached hydrogens (tertiary/aromatic N) is 5. The molecular weight excluding hydrogens is 374 g/mol. The summed E-state index contributed by atoms with van der Waals surface area (Å²) in [5.74, 6) is 1.20. The molecule has 0 bridgehead atoms. The first-order chi connectivity index (χ1) is 13.6. The first-order valence-corrected chi connectivity index (χ1v) is 10.3. The van der Waals surface area contributed by atoms with Crippen LogP contribution < -0.4 is 9.80 Å². The minimum atomic E-state index is 0.114. The Labute approximate surface area is 171 Å². The molecule has 3 heterocycles. The molecule has 1 aromatic heterocycles. The third kappa shape index (κ3) is 4.22. The van der Waals surface area contributed by atoms with Crippen LogP contribution in [0, 0.1) is 12.8 Å². The highest BCUT2D eigenvalue weighted by molar-refractivity contribution is 6.30. The van der Waals surface area contributed by atoms with Gasteiger partial charge in [-0.15, -0.1) is 0 Å². The van der Waals surface area contributed by atoms with Crippen LogP contribution in [0.5, 0.6) is 0 Å². The fourth-order valence-corrected chi connectivity index (χ4v) is 4.14. The van der Waals surface area contributed by atoms with E-state index in [1.54, 1.807) is 6.20 Å². The molecule has 0 atom stereocenters. The van der Waals surface area contributed by atoms with E-state index < -0.39 is 0 Å². The van der Waals surface area contributed by atoms with Crippen LogP contribution >= 0.6 is 11.6 Å². The Morgan fingerprint density at radius 2 is 1.64 bits per heavy atom. The molecular formula is C21H26ClN5O. The number of carbonyl (C=O) groups is 1. The van der Waals surface area contributed by atoms with Crippen molar-refractivity contribution in [1.29, 1.82) is 0 Å². The van der Waals surface area contributed by atoms with Crippen molar-refractivity contribution < 1.29 is 4.79 Å². The number of hydrogen-bond donors (Lipinski definition) is 0. The van der Waals surface area contributed by atoms with Crippen LogP contribution in [0.15, 0.2) is 36.5 Å². The highest BCUT2D eigenvalue weighted by Gasteiger charge is 2.31. The molecule has 0 unspecified atom stereocenters. The molecule has 0 radical (unpaired) electrons. The SMILES string of the molecule is Cc1ccnc(N2CCC(C(=O)N3CCN(c4ccc(Cl)cc4)CC3)CC2)n1. The van der Waals surface area contributed by atoms with Gasteiger partial charge in [0.05, 0.1) is 0 Å². The molecule has 2 fully saturated rings. The Hall–Kier alpha value is -2.34. The minimum Gasteiger partial charge on any atom is -0.368 e. The molecule has 28 heavy (non-hydrogen) atoms. The van der Waals surface area contributed by atoms with E-state index in [0.29, 0.717) is 5.91 Å². The van der Waals surface area contributed by atoms with Gasteiger partial charge in [-0.2, -0.15) is 0 Å². The van der Waals surface area contributed by atoms with Gasteiger partial charge in [-0.3, -0.25) is 4.79 Å². The molecule has 0 spiro atoms. The maximum Gasteiger partial charge on any atom is 0.225 e. The second-order valence-electron chi connectivity index (χ2n) is 7.55. The van der Waals surface area contributed by atoms with Crippen molar-refractivity contribution in [3.8, 4) is 0 Å². The molecule has 1 amide bonds. The van der Waals surface area contributed by atoms with Crippen LogP contribution in [-0.4, -0.2) is 60.0 Å². The predicted octanol–water partition coefficient (Wildman–Crippen LogP) is 3.00. The van der Waals surface area contributed by atoms with E-state index in [-0.39, 0.29) is 5.92 Å². The fraction of sp³-hybridized carbons (Fsp3) is 0.476. The molecule has 2 saturated heterocycles. The van der Waals surface area contributed by atoms with Crippen molar-refractivity contribution in [2.75, 3.05) is 49.1 Å². The van der Waals surface area contributed by atoms with Crippen molar-refractivity contribution in [2.24, 2.45) is 5.92 Å². The lowest BCUT2D eigenvalue weighted by atomic mass is 9.95. The molecule has 1 aromatic carbocycles.